The maximum Gasteiger partial charge on any atom is 0.407 e. The van der Waals surface area contributed by atoms with E-state index in [1.54, 1.807) is 12.1 Å². The molecule has 24 nitrogen and oxygen atoms in total. The highest BCUT2D eigenvalue weighted by Crippen LogP contribution is 2.36. The number of piperazine rings is 2. The van der Waals surface area contributed by atoms with Crippen LogP contribution in [0.5, 0.6) is 0 Å². The number of nitrogens with zero attached hydrogens (tertiary/aromatic N) is 13. The number of rotatable bonds is 16. The van der Waals surface area contributed by atoms with Crippen LogP contribution in [-0.2, 0) is 19.5 Å². The van der Waals surface area contributed by atoms with E-state index < -0.39 is 69.9 Å². The first-order valence-corrected chi connectivity index (χ1v) is 39.3. The van der Waals surface area contributed by atoms with Gasteiger partial charge in [-0.05, 0) is 170 Å². The second-order valence-electron chi connectivity index (χ2n) is 29.4. The summed E-state index contributed by atoms with van der Waals surface area (Å²) in [6.07, 6.45) is 10.7. The third-order valence-electron chi connectivity index (χ3n) is 21.9. The van der Waals surface area contributed by atoms with Gasteiger partial charge >= 0.3 is 17.5 Å². The van der Waals surface area contributed by atoms with Crippen molar-refractivity contribution in [3.05, 3.63) is 291 Å². The van der Waals surface area contributed by atoms with Gasteiger partial charge in [-0.25, -0.2) is 61.0 Å². The minimum atomic E-state index is -0.913. The molecule has 10 heterocycles. The molecular formula is C84H76Br2F4N16O8. The van der Waals surface area contributed by atoms with Crippen molar-refractivity contribution in [3.8, 4) is 33.6 Å². The molecule has 114 heavy (non-hydrogen) atoms. The zero-order chi connectivity index (χ0) is 79.0. The number of fused-ring (bicyclic) bond motifs is 4. The summed E-state index contributed by atoms with van der Waals surface area (Å²) < 4.78 is 66.4. The normalized spacial score (nSPS) is 18.3. The van der Waals surface area contributed by atoms with E-state index in [2.05, 4.69) is 95.7 Å². The molecule has 2 saturated carbocycles. The molecule has 2 aliphatic heterocycles. The van der Waals surface area contributed by atoms with Crippen LogP contribution in [0, 0.1) is 23.3 Å². The van der Waals surface area contributed by atoms with Crippen LogP contribution in [0.25, 0.3) is 67.0 Å². The maximum atomic E-state index is 14.7. The van der Waals surface area contributed by atoms with Crippen molar-refractivity contribution in [2.75, 3.05) is 45.8 Å². The fraction of sp³-hybridized carbons (Fsp3) is 0.274. The van der Waals surface area contributed by atoms with E-state index >= 15 is 0 Å². The van der Waals surface area contributed by atoms with Crippen LogP contribution in [0.15, 0.2) is 217 Å². The van der Waals surface area contributed by atoms with Gasteiger partial charge in [0.05, 0.1) is 40.6 Å². The lowest BCUT2D eigenvalue weighted by molar-refractivity contribution is 0.0644. The molecule has 13 aromatic rings. The molecule has 4 N–H and O–H groups in total. The Kier molecular flexibility index (Phi) is 22.0. The number of nitrogens with one attached hydrogen (secondary N) is 3. The van der Waals surface area contributed by atoms with Crippen LogP contribution in [0.4, 0.5) is 22.4 Å². The average Bonchev–Trinajstić information content (AvgIpc) is 1.25. The molecule has 5 aromatic carbocycles. The second-order valence-corrected chi connectivity index (χ2v) is 31.1. The summed E-state index contributed by atoms with van der Waals surface area (Å²) >= 11 is 7.54. The highest BCUT2D eigenvalue weighted by molar-refractivity contribution is 9.11. The van der Waals surface area contributed by atoms with Gasteiger partial charge in [0.25, 0.3) is 22.9 Å². The minimum Gasteiger partial charge on any atom is -0.465 e. The molecule has 582 valence electrons. The number of benzene rings is 5. The summed E-state index contributed by atoms with van der Waals surface area (Å²) in [5.41, 5.74) is 6.56. The lowest BCUT2D eigenvalue weighted by atomic mass is 9.90. The highest BCUT2D eigenvalue weighted by Gasteiger charge is 2.34. The third kappa shape index (κ3) is 16.2. The van der Waals surface area contributed by atoms with Crippen molar-refractivity contribution in [3.63, 3.8) is 0 Å². The van der Waals surface area contributed by atoms with Gasteiger partial charge in [0.1, 0.15) is 46.0 Å². The van der Waals surface area contributed by atoms with Crippen LogP contribution < -0.4 is 38.4 Å². The largest absolute Gasteiger partial charge is 0.465 e. The van der Waals surface area contributed by atoms with Crippen LogP contribution in [0.2, 0.25) is 0 Å². The molecule has 17 rings (SSSR count). The topological polar surface area (TPSA) is 266 Å². The number of aromatic nitrogens is 10. The van der Waals surface area contributed by atoms with E-state index in [1.807, 2.05) is 84.9 Å². The zero-order valence-electron chi connectivity index (χ0n) is 61.4. The third-order valence-corrected chi connectivity index (χ3v) is 23.2. The van der Waals surface area contributed by atoms with E-state index in [-0.39, 0.29) is 57.5 Å². The van der Waals surface area contributed by atoms with Gasteiger partial charge < -0.3 is 34.8 Å². The van der Waals surface area contributed by atoms with Crippen molar-refractivity contribution >= 4 is 83.1 Å². The lowest BCUT2D eigenvalue weighted by Crippen LogP contribution is -2.55. The lowest BCUT2D eigenvalue weighted by Gasteiger charge is -2.40. The molecule has 4 fully saturated rings. The van der Waals surface area contributed by atoms with Gasteiger partial charge in [0.2, 0.25) is 0 Å². The number of carboxylic acid groups (broad SMARTS) is 1. The summed E-state index contributed by atoms with van der Waals surface area (Å²) in [5, 5.41) is 19.2. The second kappa shape index (κ2) is 32.9. The summed E-state index contributed by atoms with van der Waals surface area (Å²) in [7, 11) is 0. The van der Waals surface area contributed by atoms with Crippen LogP contribution in [0.3, 0.4) is 0 Å². The van der Waals surface area contributed by atoms with Crippen LogP contribution in [-0.4, -0.2) is 149 Å². The molecule has 2 saturated heterocycles. The van der Waals surface area contributed by atoms with Crippen molar-refractivity contribution < 1.29 is 37.1 Å². The van der Waals surface area contributed by atoms with Gasteiger partial charge in [0, 0.05) is 117 Å². The molecule has 0 radical (unpaired) electrons. The van der Waals surface area contributed by atoms with Crippen LogP contribution in [0.1, 0.15) is 101 Å². The number of halogens is 6. The summed E-state index contributed by atoms with van der Waals surface area (Å²) in [5.74, 6) is -3.08. The van der Waals surface area contributed by atoms with Gasteiger partial charge in [-0.15, -0.1) is 0 Å². The maximum absolute atomic E-state index is 14.7. The smallest absolute Gasteiger partial charge is 0.407 e. The molecule has 0 spiro atoms. The first kappa shape index (κ1) is 76.4. The quantitative estimate of drug-likeness (QED) is 0.0655. The predicted molar refractivity (Wildman–Crippen MR) is 429 cm³/mol. The number of carbonyl (C=O) groups is 3. The van der Waals surface area contributed by atoms with E-state index in [9.17, 15) is 56.2 Å². The Balaban J connectivity index is 0.000000174. The standard InChI is InChI=1S/C46H41BrF2N8O5.C38H35BrF2N8O3/c47-39-20-29(24-53-17-18-55(46(61)62)36(26-53)19-28-5-2-1-3-6-28)9-15-37(39)30-7-4-8-35(21-30)56-42-38(22-32(49)23-50-42)44(59)57(45(56)60)34-13-11-33(12-14-34)51-43(58)40-27-54-25-31(48)10-16-41(54)52-40;39-32-16-23(20-46-14-12-42-13-15-46)4-10-30(32)24-2-1-3-29(17-24)48-35-31(18-26(41)19-43-35)37(51)49(38(48)52)28-8-6-27(7-9-28)44-36(50)33-22-47-21-25(40)5-11-34(47)45-33/h1-10,15-16,20-23,25,27,33-34,36H,11-14,17-19,24,26H2,(H,51,58)(H,61,62);1-5,10-11,16-19,21-22,27-28,42H,6-9,12-15,20H2,(H,44,50)/t33-,34+,36?;27-,28+. The zero-order valence-corrected chi connectivity index (χ0v) is 64.6. The Labute approximate surface area is 665 Å². The Bertz CT molecular complexity index is 6150. The SMILES string of the molecule is O=C(N[C@H]1CC[C@@H](n2c(=O)c3cc(F)cnc3n(-c3cccc(-c4ccc(CN5CCN(C(=O)O)C(Cc6ccccc6)C5)cc4Br)c3)c2=O)CC1)c1cn2cc(F)ccc2n1.O=C(N[C@H]1CC[C@@H](n2c(=O)c3cc(F)cnc3n(-c3cccc(-c4ccc(CN5CCNCC5)cc4Br)c3)c2=O)CC1)c1cn2cc(F)ccc2n1. The van der Waals surface area contributed by atoms with Crippen molar-refractivity contribution in [1.82, 2.24) is 77.7 Å². The summed E-state index contributed by atoms with van der Waals surface area (Å²) in [6, 6.07) is 43.1. The van der Waals surface area contributed by atoms with Gasteiger partial charge in [0.15, 0.2) is 11.3 Å². The Morgan fingerprint density at radius 3 is 1.43 bits per heavy atom. The predicted octanol–water partition coefficient (Wildman–Crippen LogP) is 12.4. The fourth-order valence-corrected chi connectivity index (χ4v) is 17.6. The molecule has 4 aliphatic rings. The van der Waals surface area contributed by atoms with E-state index in [4.69, 9.17) is 0 Å². The van der Waals surface area contributed by atoms with Gasteiger partial charge in [-0.2, -0.15) is 0 Å². The highest BCUT2D eigenvalue weighted by atomic mass is 79.9. The number of pyridine rings is 4. The Morgan fingerprint density at radius 2 is 0.965 bits per heavy atom. The van der Waals surface area contributed by atoms with Gasteiger partial charge in [-0.1, -0.05) is 111 Å². The Morgan fingerprint density at radius 1 is 0.491 bits per heavy atom. The molecule has 2 aliphatic carbocycles. The molecule has 1 unspecified atom stereocenters. The molecule has 1 atom stereocenters. The minimum absolute atomic E-state index is 0.00200. The monoisotopic (exact) mass is 1670 g/mol. The Hall–Kier alpha value is -11.6. The van der Waals surface area contributed by atoms with Crippen molar-refractivity contribution in [2.45, 2.75) is 101 Å². The molecule has 3 amide bonds. The summed E-state index contributed by atoms with van der Waals surface area (Å²) in [4.78, 5) is 118. The first-order valence-electron chi connectivity index (χ1n) is 37.7. The molecule has 8 aromatic heterocycles. The molecule has 0 bridgehead atoms. The van der Waals surface area contributed by atoms with E-state index in [0.717, 1.165) is 99.6 Å². The molecular weight excluding hydrogens is 1600 g/mol. The van der Waals surface area contributed by atoms with Crippen molar-refractivity contribution in [2.24, 2.45) is 0 Å². The number of hydrogen-bond acceptors (Lipinski definition) is 14. The number of imidazole rings is 2. The number of hydrogen-bond donors (Lipinski definition) is 4. The average molecular weight is 1670 g/mol. The van der Waals surface area contributed by atoms with Crippen LogP contribution >= 0.6 is 31.9 Å². The number of carbonyl (C=O) groups excluding carboxylic acids is 2. The molecule has 30 heteroatoms. The van der Waals surface area contributed by atoms with Crippen molar-refractivity contribution in [1.29, 1.82) is 0 Å². The fourth-order valence-electron chi connectivity index (χ4n) is 16.3. The van der Waals surface area contributed by atoms with Gasteiger partial charge in [-0.3, -0.25) is 38.1 Å². The number of amides is 3. The van der Waals surface area contributed by atoms with E-state index in [0.29, 0.717) is 107 Å². The summed E-state index contributed by atoms with van der Waals surface area (Å²) in [6.45, 7) is 7.04. The first-order chi connectivity index (χ1) is 55.2. The van der Waals surface area contributed by atoms with E-state index in [1.165, 1.54) is 86.6 Å².